The van der Waals surface area contributed by atoms with Gasteiger partial charge in [0.15, 0.2) is 6.10 Å². The summed E-state index contributed by atoms with van der Waals surface area (Å²) in [4.78, 5) is 34.9. The number of hydrogen-bond donors (Lipinski definition) is 2. The quantitative estimate of drug-likeness (QED) is 0.0267. The largest absolute Gasteiger partial charge is 0.472 e. The highest BCUT2D eigenvalue weighted by Crippen LogP contribution is 2.43. The number of phosphoric ester groups is 1. The van der Waals surface area contributed by atoms with Gasteiger partial charge in [-0.2, -0.15) is 0 Å². The van der Waals surface area contributed by atoms with Gasteiger partial charge in [-0.05, 0) is 44.9 Å². The van der Waals surface area contributed by atoms with E-state index < -0.39 is 32.5 Å². The number of allylic oxidation sites excluding steroid dienone is 6. The Morgan fingerprint density at radius 1 is 0.536 bits per heavy atom. The van der Waals surface area contributed by atoms with Crippen molar-refractivity contribution in [2.45, 2.75) is 219 Å². The summed E-state index contributed by atoms with van der Waals surface area (Å²) in [6.45, 7) is 3.69. The predicted molar refractivity (Wildman–Crippen MR) is 234 cm³/mol. The van der Waals surface area contributed by atoms with Crippen LogP contribution in [0.4, 0.5) is 0 Å². The van der Waals surface area contributed by atoms with Crippen molar-refractivity contribution in [2.75, 3.05) is 26.4 Å². The van der Waals surface area contributed by atoms with Gasteiger partial charge < -0.3 is 20.1 Å². The van der Waals surface area contributed by atoms with E-state index in [9.17, 15) is 19.0 Å². The van der Waals surface area contributed by atoms with Crippen molar-refractivity contribution in [2.24, 2.45) is 5.73 Å². The molecule has 10 heteroatoms. The Kier molecular flexibility index (Phi) is 41.5. The van der Waals surface area contributed by atoms with Gasteiger partial charge in [-0.3, -0.25) is 18.6 Å². The van der Waals surface area contributed by atoms with Gasteiger partial charge in [0.2, 0.25) is 0 Å². The first-order valence-electron chi connectivity index (χ1n) is 23.0. The van der Waals surface area contributed by atoms with Crippen LogP contribution >= 0.6 is 7.82 Å². The summed E-state index contributed by atoms with van der Waals surface area (Å²) in [5, 5.41) is 0. The lowest BCUT2D eigenvalue weighted by molar-refractivity contribution is -0.161. The highest BCUT2D eigenvalue weighted by Gasteiger charge is 2.26. The molecule has 0 saturated carbocycles. The molecular weight excluding hydrogens is 725 g/mol. The first kappa shape index (κ1) is 54.2. The second kappa shape index (κ2) is 42.8. The van der Waals surface area contributed by atoms with Crippen LogP contribution in [0.3, 0.4) is 0 Å². The molecule has 9 nitrogen and oxygen atoms in total. The van der Waals surface area contributed by atoms with Gasteiger partial charge in [0.25, 0.3) is 0 Å². The average molecular weight is 812 g/mol. The van der Waals surface area contributed by atoms with Crippen LogP contribution in [-0.2, 0) is 32.7 Å². The Hall–Kier alpha value is -1.77. The Bertz CT molecular complexity index is 1020. The zero-order valence-electron chi connectivity index (χ0n) is 36.1. The SMILES string of the molecule is CCCCCCCC/C=C/C/C=C/C/C=C/CCCC(=O)OC[C@H](COP(=O)(O)OCCN)OC(=O)CCCCCCCCCCCCCCCCCCCC. The number of carbonyl (C=O) groups is 2. The molecule has 0 bridgehead atoms. The summed E-state index contributed by atoms with van der Waals surface area (Å²) in [7, 11) is -4.39. The number of unbranched alkanes of at least 4 members (excludes halogenated alkanes) is 24. The van der Waals surface area contributed by atoms with Crippen LogP contribution in [0.5, 0.6) is 0 Å². The van der Waals surface area contributed by atoms with Gasteiger partial charge in [-0.1, -0.05) is 192 Å². The van der Waals surface area contributed by atoms with Crippen LogP contribution in [0.1, 0.15) is 213 Å². The molecule has 56 heavy (non-hydrogen) atoms. The minimum Gasteiger partial charge on any atom is -0.462 e. The Morgan fingerprint density at radius 2 is 0.946 bits per heavy atom. The number of nitrogens with two attached hydrogens (primary N) is 1. The second-order valence-electron chi connectivity index (χ2n) is 15.3. The molecule has 0 aromatic heterocycles. The van der Waals surface area contributed by atoms with Crippen molar-refractivity contribution in [1.29, 1.82) is 0 Å². The zero-order chi connectivity index (χ0) is 41.1. The summed E-state index contributed by atoms with van der Waals surface area (Å²) < 4.78 is 32.8. The molecule has 0 aromatic carbocycles. The summed E-state index contributed by atoms with van der Waals surface area (Å²) in [6.07, 6.45) is 47.5. The summed E-state index contributed by atoms with van der Waals surface area (Å²) in [5.74, 6) is -0.882. The minimum absolute atomic E-state index is 0.0478. The van der Waals surface area contributed by atoms with Crippen molar-refractivity contribution < 1.29 is 37.6 Å². The molecule has 0 fully saturated rings. The fourth-order valence-electron chi connectivity index (χ4n) is 6.36. The van der Waals surface area contributed by atoms with Crippen LogP contribution in [0.15, 0.2) is 36.5 Å². The number of hydrogen-bond acceptors (Lipinski definition) is 8. The minimum atomic E-state index is -4.39. The topological polar surface area (TPSA) is 134 Å². The van der Waals surface area contributed by atoms with Gasteiger partial charge in [-0.25, -0.2) is 4.57 Å². The molecule has 0 rings (SSSR count). The maximum Gasteiger partial charge on any atom is 0.472 e. The number of ether oxygens (including phenoxy) is 2. The highest BCUT2D eigenvalue weighted by molar-refractivity contribution is 7.47. The van der Waals surface area contributed by atoms with E-state index in [4.69, 9.17) is 24.3 Å². The lowest BCUT2D eigenvalue weighted by atomic mass is 10.0. The van der Waals surface area contributed by atoms with Crippen molar-refractivity contribution in [3.8, 4) is 0 Å². The molecule has 0 saturated heterocycles. The number of carbonyl (C=O) groups excluding carboxylic acids is 2. The van der Waals surface area contributed by atoms with E-state index in [2.05, 4.69) is 50.3 Å². The lowest BCUT2D eigenvalue weighted by Crippen LogP contribution is -2.29. The highest BCUT2D eigenvalue weighted by atomic mass is 31.2. The molecule has 2 atom stereocenters. The van der Waals surface area contributed by atoms with Crippen LogP contribution in [0, 0.1) is 0 Å². The normalized spacial score (nSPS) is 13.6. The van der Waals surface area contributed by atoms with E-state index in [0.29, 0.717) is 12.8 Å². The molecule has 0 aromatic rings. The molecule has 0 aliphatic carbocycles. The smallest absolute Gasteiger partial charge is 0.462 e. The van der Waals surface area contributed by atoms with Gasteiger partial charge in [-0.15, -0.1) is 0 Å². The maximum atomic E-state index is 12.6. The molecule has 0 radical (unpaired) electrons. The van der Waals surface area contributed by atoms with E-state index in [0.717, 1.165) is 44.9 Å². The van der Waals surface area contributed by atoms with Gasteiger partial charge in [0.1, 0.15) is 6.61 Å². The molecule has 0 amide bonds. The number of phosphoric acid groups is 1. The third-order valence-corrected chi connectivity index (χ3v) is 10.8. The van der Waals surface area contributed by atoms with Crippen molar-refractivity contribution in [3.63, 3.8) is 0 Å². The second-order valence-corrected chi connectivity index (χ2v) is 16.7. The number of rotatable bonds is 43. The summed E-state index contributed by atoms with van der Waals surface area (Å²) in [5.41, 5.74) is 5.35. The molecule has 1 unspecified atom stereocenters. The molecule has 0 aliphatic rings. The Morgan fingerprint density at radius 3 is 1.43 bits per heavy atom. The molecule has 0 heterocycles. The lowest BCUT2D eigenvalue weighted by Gasteiger charge is -2.19. The number of esters is 2. The maximum absolute atomic E-state index is 12.6. The fraction of sp³-hybridized carbons (Fsp3) is 0.826. The Labute approximate surface area is 344 Å². The predicted octanol–water partition coefficient (Wildman–Crippen LogP) is 13.3. The molecular formula is C46H86NO8P. The molecule has 3 N–H and O–H groups in total. The van der Waals surface area contributed by atoms with E-state index in [1.807, 2.05) is 0 Å². The van der Waals surface area contributed by atoms with Gasteiger partial charge in [0.05, 0.1) is 13.2 Å². The Balaban J connectivity index is 4.17. The summed E-state index contributed by atoms with van der Waals surface area (Å²) >= 11 is 0. The van der Waals surface area contributed by atoms with Gasteiger partial charge in [0, 0.05) is 19.4 Å². The zero-order valence-corrected chi connectivity index (χ0v) is 37.0. The molecule has 328 valence electrons. The fourth-order valence-corrected chi connectivity index (χ4v) is 7.12. The van der Waals surface area contributed by atoms with Crippen LogP contribution in [0.2, 0.25) is 0 Å². The summed E-state index contributed by atoms with van der Waals surface area (Å²) in [6, 6.07) is 0. The van der Waals surface area contributed by atoms with Crippen molar-refractivity contribution >= 4 is 19.8 Å². The molecule has 0 spiro atoms. The van der Waals surface area contributed by atoms with Crippen LogP contribution < -0.4 is 5.73 Å². The van der Waals surface area contributed by atoms with Crippen LogP contribution in [0.25, 0.3) is 0 Å². The first-order valence-corrected chi connectivity index (χ1v) is 24.5. The van der Waals surface area contributed by atoms with Crippen LogP contribution in [-0.4, -0.2) is 49.3 Å². The standard InChI is InChI=1S/C46H86NO8P/c1-3-5-7-9-11-13-15-17-19-21-23-25-27-29-31-33-35-37-39-46(49)55-44(43-54-56(50,51)53-41-40-47)42-52-45(48)38-36-34-32-30-28-26-24-22-20-18-16-14-12-10-8-6-4-2/h18,20,24,26,30,32,44H,3-17,19,21-23,25,27-29,31,33-43,47H2,1-2H3,(H,50,51)/b20-18+,26-24+,32-30+/t44-/m1/s1. The van der Waals surface area contributed by atoms with E-state index in [-0.39, 0.29) is 32.6 Å². The first-order chi connectivity index (χ1) is 27.3. The van der Waals surface area contributed by atoms with E-state index in [1.54, 1.807) is 0 Å². The average Bonchev–Trinajstić information content (AvgIpc) is 3.18. The van der Waals surface area contributed by atoms with Crippen molar-refractivity contribution in [1.82, 2.24) is 0 Å². The van der Waals surface area contributed by atoms with E-state index >= 15 is 0 Å². The van der Waals surface area contributed by atoms with Gasteiger partial charge >= 0.3 is 19.8 Å². The van der Waals surface area contributed by atoms with Crippen molar-refractivity contribution in [3.05, 3.63) is 36.5 Å². The third kappa shape index (κ3) is 41.9. The monoisotopic (exact) mass is 812 g/mol. The third-order valence-electron chi connectivity index (χ3n) is 9.78. The van der Waals surface area contributed by atoms with E-state index in [1.165, 1.54) is 128 Å². The molecule has 0 aliphatic heterocycles.